The van der Waals surface area contributed by atoms with Gasteiger partial charge in [0.2, 0.25) is 0 Å². The van der Waals surface area contributed by atoms with Crippen molar-refractivity contribution in [3.05, 3.63) is 30.1 Å². The van der Waals surface area contributed by atoms with Gasteiger partial charge in [-0.15, -0.1) is 0 Å². The Bertz CT molecular complexity index is 340. The Morgan fingerprint density at radius 2 is 2.18 bits per heavy atom. The van der Waals surface area contributed by atoms with E-state index < -0.39 is 0 Å². The summed E-state index contributed by atoms with van der Waals surface area (Å²) in [6.45, 7) is 10.5. The molecule has 0 aromatic carbocycles. The van der Waals surface area contributed by atoms with Crippen LogP contribution in [0.25, 0.3) is 0 Å². The van der Waals surface area contributed by atoms with Crippen LogP contribution < -0.4 is 0 Å². The number of hydrogen-bond donors (Lipinski definition) is 0. The van der Waals surface area contributed by atoms with Crippen molar-refractivity contribution in [2.75, 3.05) is 13.1 Å². The number of pyridine rings is 1. The summed E-state index contributed by atoms with van der Waals surface area (Å²) < 4.78 is 0. The normalized spacial score (nSPS) is 21.9. The van der Waals surface area contributed by atoms with Crippen molar-refractivity contribution >= 4 is 0 Å². The number of nitrogens with zero attached hydrogens (tertiary/aromatic N) is 2. The monoisotopic (exact) mass is 232 g/mol. The molecule has 0 aliphatic carbocycles. The number of aromatic nitrogens is 1. The molecule has 0 bridgehead atoms. The lowest BCUT2D eigenvalue weighted by Gasteiger charge is -2.23. The van der Waals surface area contributed by atoms with Crippen LogP contribution in [-0.2, 0) is 6.54 Å². The maximum absolute atomic E-state index is 4.40. The van der Waals surface area contributed by atoms with E-state index in [9.17, 15) is 0 Å². The molecule has 17 heavy (non-hydrogen) atoms. The fraction of sp³-hybridized carbons (Fsp3) is 0.667. The predicted octanol–water partition coefficient (Wildman–Crippen LogP) is 3.34. The summed E-state index contributed by atoms with van der Waals surface area (Å²) in [5.41, 5.74) is 1.66. The first-order valence-electron chi connectivity index (χ1n) is 6.65. The van der Waals surface area contributed by atoms with Gasteiger partial charge < -0.3 is 0 Å². The summed E-state index contributed by atoms with van der Waals surface area (Å²) in [5, 5.41) is 0. The van der Waals surface area contributed by atoms with Crippen molar-refractivity contribution in [2.24, 2.45) is 11.3 Å². The van der Waals surface area contributed by atoms with Crippen LogP contribution in [0.15, 0.2) is 24.4 Å². The third-order valence-corrected chi connectivity index (χ3v) is 3.38. The van der Waals surface area contributed by atoms with Crippen LogP contribution in [0.4, 0.5) is 0 Å². The van der Waals surface area contributed by atoms with Gasteiger partial charge in [0, 0.05) is 19.3 Å². The van der Waals surface area contributed by atoms with E-state index in [0.717, 1.165) is 12.5 Å². The highest BCUT2D eigenvalue weighted by Gasteiger charge is 2.26. The van der Waals surface area contributed by atoms with Crippen molar-refractivity contribution in [1.29, 1.82) is 0 Å². The molecule has 2 heteroatoms. The summed E-state index contributed by atoms with van der Waals surface area (Å²) >= 11 is 0. The molecule has 0 N–H and O–H groups in total. The minimum absolute atomic E-state index is 0.464. The minimum Gasteiger partial charge on any atom is -0.297 e. The van der Waals surface area contributed by atoms with Gasteiger partial charge in [-0.25, -0.2) is 0 Å². The molecular weight excluding hydrogens is 208 g/mol. The summed E-state index contributed by atoms with van der Waals surface area (Å²) in [5.74, 6) is 0.874. The van der Waals surface area contributed by atoms with Gasteiger partial charge in [0.15, 0.2) is 0 Å². The van der Waals surface area contributed by atoms with Crippen molar-refractivity contribution in [1.82, 2.24) is 9.88 Å². The lowest BCUT2D eigenvalue weighted by Crippen LogP contribution is -2.22. The summed E-state index contributed by atoms with van der Waals surface area (Å²) in [6, 6.07) is 6.18. The SMILES string of the molecule is CC(C)(C)CC1CCN(Cc2ccccn2)C1. The molecule has 1 aliphatic heterocycles. The van der Waals surface area contributed by atoms with E-state index in [4.69, 9.17) is 0 Å². The minimum atomic E-state index is 0.464. The number of rotatable bonds is 3. The Morgan fingerprint density at radius 1 is 1.35 bits per heavy atom. The second-order valence-electron chi connectivity index (χ2n) is 6.48. The molecule has 1 saturated heterocycles. The zero-order valence-corrected chi connectivity index (χ0v) is 11.3. The third-order valence-electron chi connectivity index (χ3n) is 3.38. The van der Waals surface area contributed by atoms with Gasteiger partial charge in [0.05, 0.1) is 5.69 Å². The standard InChI is InChI=1S/C15H24N2/c1-15(2,3)10-13-7-9-17(11-13)12-14-6-4-5-8-16-14/h4-6,8,13H,7,9-12H2,1-3H3. The Kier molecular flexibility index (Phi) is 3.82. The van der Waals surface area contributed by atoms with Crippen molar-refractivity contribution in [3.8, 4) is 0 Å². The highest BCUT2D eigenvalue weighted by atomic mass is 15.1. The van der Waals surface area contributed by atoms with E-state index in [2.05, 4.69) is 42.8 Å². The van der Waals surface area contributed by atoms with Crippen molar-refractivity contribution in [3.63, 3.8) is 0 Å². The van der Waals surface area contributed by atoms with Crippen LogP contribution in [0.3, 0.4) is 0 Å². The molecule has 0 amide bonds. The molecule has 0 radical (unpaired) electrons. The van der Waals surface area contributed by atoms with Gasteiger partial charge in [-0.3, -0.25) is 9.88 Å². The lowest BCUT2D eigenvalue weighted by atomic mass is 9.84. The molecule has 1 fully saturated rings. The zero-order valence-electron chi connectivity index (χ0n) is 11.3. The molecule has 2 heterocycles. The first-order chi connectivity index (χ1) is 8.03. The Hall–Kier alpha value is -0.890. The van der Waals surface area contributed by atoms with Gasteiger partial charge in [-0.1, -0.05) is 26.8 Å². The smallest absolute Gasteiger partial charge is 0.0543 e. The van der Waals surface area contributed by atoms with Gasteiger partial charge >= 0.3 is 0 Å². The maximum Gasteiger partial charge on any atom is 0.0543 e. The molecule has 1 atom stereocenters. The molecule has 94 valence electrons. The van der Waals surface area contributed by atoms with Crippen LogP contribution in [0.1, 0.15) is 39.3 Å². The van der Waals surface area contributed by atoms with Crippen LogP contribution in [-0.4, -0.2) is 23.0 Å². The van der Waals surface area contributed by atoms with Gasteiger partial charge in [-0.2, -0.15) is 0 Å². The highest BCUT2D eigenvalue weighted by molar-refractivity contribution is 5.03. The predicted molar refractivity (Wildman–Crippen MR) is 71.7 cm³/mol. The summed E-state index contributed by atoms with van der Waals surface area (Å²) in [4.78, 5) is 6.94. The fourth-order valence-electron chi connectivity index (χ4n) is 2.81. The Labute approximate surface area is 105 Å². The van der Waals surface area contributed by atoms with E-state index in [1.165, 1.54) is 31.6 Å². The van der Waals surface area contributed by atoms with E-state index in [1.807, 2.05) is 12.3 Å². The van der Waals surface area contributed by atoms with Gasteiger partial charge in [0.25, 0.3) is 0 Å². The molecule has 1 aromatic heterocycles. The lowest BCUT2D eigenvalue weighted by molar-refractivity contribution is 0.267. The van der Waals surface area contributed by atoms with E-state index in [1.54, 1.807) is 0 Å². The first-order valence-corrected chi connectivity index (χ1v) is 6.65. The number of likely N-dealkylation sites (tertiary alicyclic amines) is 1. The molecule has 0 spiro atoms. The van der Waals surface area contributed by atoms with E-state index in [0.29, 0.717) is 5.41 Å². The largest absolute Gasteiger partial charge is 0.297 e. The number of hydrogen-bond acceptors (Lipinski definition) is 2. The molecule has 2 rings (SSSR count). The Morgan fingerprint density at radius 3 is 2.82 bits per heavy atom. The van der Waals surface area contributed by atoms with Crippen LogP contribution >= 0.6 is 0 Å². The fourth-order valence-corrected chi connectivity index (χ4v) is 2.81. The van der Waals surface area contributed by atoms with Crippen molar-refractivity contribution in [2.45, 2.75) is 40.2 Å². The van der Waals surface area contributed by atoms with Crippen LogP contribution in [0, 0.1) is 11.3 Å². The zero-order chi connectivity index (χ0) is 12.3. The maximum atomic E-state index is 4.40. The van der Waals surface area contributed by atoms with Gasteiger partial charge in [-0.05, 0) is 42.9 Å². The topological polar surface area (TPSA) is 16.1 Å². The molecule has 1 aromatic rings. The average molecular weight is 232 g/mol. The van der Waals surface area contributed by atoms with Crippen molar-refractivity contribution < 1.29 is 0 Å². The summed E-state index contributed by atoms with van der Waals surface area (Å²) in [7, 11) is 0. The molecular formula is C15H24N2. The third kappa shape index (κ3) is 4.12. The quantitative estimate of drug-likeness (QED) is 0.794. The van der Waals surface area contributed by atoms with E-state index >= 15 is 0 Å². The Balaban J connectivity index is 1.82. The second kappa shape index (κ2) is 5.18. The van der Waals surface area contributed by atoms with Crippen LogP contribution in [0.2, 0.25) is 0 Å². The summed E-state index contributed by atoms with van der Waals surface area (Å²) in [6.07, 6.45) is 4.58. The first kappa shape index (κ1) is 12.6. The van der Waals surface area contributed by atoms with Gasteiger partial charge in [0.1, 0.15) is 0 Å². The molecule has 2 nitrogen and oxygen atoms in total. The molecule has 0 saturated carbocycles. The molecule has 1 unspecified atom stereocenters. The van der Waals surface area contributed by atoms with Crippen LogP contribution in [0.5, 0.6) is 0 Å². The highest BCUT2D eigenvalue weighted by Crippen LogP contribution is 2.30. The second-order valence-corrected chi connectivity index (χ2v) is 6.48. The molecule has 1 aliphatic rings. The van der Waals surface area contributed by atoms with E-state index in [-0.39, 0.29) is 0 Å². The average Bonchev–Trinajstić information content (AvgIpc) is 2.64.